The normalized spacial score (nSPS) is 12.4. The lowest BCUT2D eigenvalue weighted by molar-refractivity contribution is 0.629. The molecule has 0 amide bonds. The molecule has 0 atom stereocenters. The first-order chi connectivity index (χ1) is 16.2. The van der Waals surface area contributed by atoms with Crippen LogP contribution in [0.15, 0.2) is 97.1 Å². The van der Waals surface area contributed by atoms with Crippen molar-refractivity contribution in [2.24, 2.45) is 0 Å². The van der Waals surface area contributed by atoms with E-state index in [0.717, 1.165) is 33.3 Å². The van der Waals surface area contributed by atoms with Crippen molar-refractivity contribution >= 4 is 32.9 Å². The standard InChI is InChI=1S/C32H32N2/c1-31(2,27-19-13-21-9-5-7-11-25(21)29(27)33)23-15-17-24(18-16-23)32(3,4)28-20-14-22-10-6-8-12-26(22)30(28)34/h5-20H,33-34H2,1-4H3. The van der Waals surface area contributed by atoms with Gasteiger partial charge in [-0.1, -0.05) is 125 Å². The minimum Gasteiger partial charge on any atom is -0.398 e. The zero-order valence-corrected chi connectivity index (χ0v) is 20.4. The minimum absolute atomic E-state index is 0.223. The van der Waals surface area contributed by atoms with E-state index < -0.39 is 0 Å². The van der Waals surface area contributed by atoms with Crippen molar-refractivity contribution in [2.45, 2.75) is 38.5 Å². The second-order valence-corrected chi connectivity index (χ2v) is 10.3. The number of nitrogens with two attached hydrogens (primary N) is 2. The maximum atomic E-state index is 6.67. The lowest BCUT2D eigenvalue weighted by Crippen LogP contribution is -2.23. The van der Waals surface area contributed by atoms with Gasteiger partial charge in [-0.25, -0.2) is 0 Å². The van der Waals surface area contributed by atoms with Gasteiger partial charge < -0.3 is 11.5 Å². The average molecular weight is 445 g/mol. The Morgan fingerprint density at radius 1 is 0.441 bits per heavy atom. The Kier molecular flexibility index (Phi) is 5.13. The Morgan fingerprint density at radius 3 is 1.18 bits per heavy atom. The van der Waals surface area contributed by atoms with Gasteiger partial charge in [0, 0.05) is 33.0 Å². The lowest BCUT2D eigenvalue weighted by atomic mass is 9.73. The molecule has 0 saturated carbocycles. The first kappa shape index (κ1) is 22.0. The van der Waals surface area contributed by atoms with Crippen molar-refractivity contribution < 1.29 is 0 Å². The number of hydrogen-bond donors (Lipinski definition) is 2. The molecule has 2 heteroatoms. The third-order valence-corrected chi connectivity index (χ3v) is 7.62. The maximum Gasteiger partial charge on any atom is 0.0435 e. The summed E-state index contributed by atoms with van der Waals surface area (Å²) in [5.74, 6) is 0. The van der Waals surface area contributed by atoms with Crippen molar-refractivity contribution in [3.63, 3.8) is 0 Å². The third kappa shape index (κ3) is 3.42. The Balaban J connectivity index is 1.53. The van der Waals surface area contributed by atoms with E-state index in [1.165, 1.54) is 21.9 Å². The number of benzene rings is 5. The zero-order valence-electron chi connectivity index (χ0n) is 20.4. The summed E-state index contributed by atoms with van der Waals surface area (Å²) in [6.45, 7) is 8.98. The fraction of sp³-hybridized carbons (Fsp3) is 0.188. The summed E-state index contributed by atoms with van der Waals surface area (Å²) in [6, 6.07) is 34.3. The van der Waals surface area contributed by atoms with E-state index in [1.807, 2.05) is 12.1 Å². The molecule has 5 aromatic rings. The van der Waals surface area contributed by atoms with E-state index in [-0.39, 0.29) is 10.8 Å². The van der Waals surface area contributed by atoms with Crippen LogP contribution >= 0.6 is 0 Å². The van der Waals surface area contributed by atoms with E-state index in [9.17, 15) is 0 Å². The Morgan fingerprint density at radius 2 is 0.794 bits per heavy atom. The summed E-state index contributed by atoms with van der Waals surface area (Å²) < 4.78 is 0. The highest BCUT2D eigenvalue weighted by molar-refractivity contribution is 5.96. The molecule has 0 aliphatic carbocycles. The number of rotatable bonds is 4. The minimum atomic E-state index is -0.223. The van der Waals surface area contributed by atoms with Crippen molar-refractivity contribution in [2.75, 3.05) is 11.5 Å². The van der Waals surface area contributed by atoms with Crippen LogP contribution in [0.5, 0.6) is 0 Å². The molecule has 34 heavy (non-hydrogen) atoms. The van der Waals surface area contributed by atoms with Crippen molar-refractivity contribution in [3.8, 4) is 0 Å². The maximum absolute atomic E-state index is 6.67. The molecule has 0 fully saturated rings. The third-order valence-electron chi connectivity index (χ3n) is 7.62. The molecule has 0 radical (unpaired) electrons. The number of anilines is 2. The predicted molar refractivity (Wildman–Crippen MR) is 147 cm³/mol. The summed E-state index contributed by atoms with van der Waals surface area (Å²) in [5.41, 5.74) is 19.4. The van der Waals surface area contributed by atoms with Gasteiger partial charge in [0.2, 0.25) is 0 Å². The van der Waals surface area contributed by atoms with Crippen LogP contribution in [0.3, 0.4) is 0 Å². The van der Waals surface area contributed by atoms with Crippen LogP contribution in [-0.2, 0) is 10.8 Å². The van der Waals surface area contributed by atoms with Crippen LogP contribution in [0.1, 0.15) is 49.9 Å². The van der Waals surface area contributed by atoms with Gasteiger partial charge in [-0.15, -0.1) is 0 Å². The molecule has 0 aromatic heterocycles. The van der Waals surface area contributed by atoms with Crippen molar-refractivity contribution in [3.05, 3.63) is 119 Å². The largest absolute Gasteiger partial charge is 0.398 e. The fourth-order valence-electron chi connectivity index (χ4n) is 5.30. The van der Waals surface area contributed by atoms with Crippen LogP contribution in [-0.4, -0.2) is 0 Å². The molecular weight excluding hydrogens is 412 g/mol. The molecule has 0 unspecified atom stereocenters. The highest BCUT2D eigenvalue weighted by atomic mass is 14.6. The quantitative estimate of drug-likeness (QED) is 0.278. The van der Waals surface area contributed by atoms with Gasteiger partial charge in [0.1, 0.15) is 0 Å². The van der Waals surface area contributed by atoms with E-state index in [4.69, 9.17) is 11.5 Å². The number of nitrogen functional groups attached to an aromatic ring is 2. The van der Waals surface area contributed by atoms with Crippen LogP contribution < -0.4 is 11.5 Å². The van der Waals surface area contributed by atoms with Gasteiger partial charge in [-0.3, -0.25) is 0 Å². The lowest BCUT2D eigenvalue weighted by Gasteiger charge is -2.31. The monoisotopic (exact) mass is 444 g/mol. The Hall–Kier alpha value is -3.78. The van der Waals surface area contributed by atoms with Crippen LogP contribution in [0.25, 0.3) is 21.5 Å². The molecule has 5 aromatic carbocycles. The van der Waals surface area contributed by atoms with Crippen molar-refractivity contribution in [1.82, 2.24) is 0 Å². The van der Waals surface area contributed by atoms with Gasteiger partial charge in [0.15, 0.2) is 0 Å². The van der Waals surface area contributed by atoms with Crippen LogP contribution in [0.4, 0.5) is 11.4 Å². The van der Waals surface area contributed by atoms with Gasteiger partial charge in [0.25, 0.3) is 0 Å². The van der Waals surface area contributed by atoms with E-state index in [2.05, 4.69) is 113 Å². The van der Waals surface area contributed by atoms with Gasteiger partial charge in [0.05, 0.1) is 0 Å². The summed E-state index contributed by atoms with van der Waals surface area (Å²) in [6.07, 6.45) is 0. The van der Waals surface area contributed by atoms with Crippen molar-refractivity contribution in [1.29, 1.82) is 0 Å². The molecule has 0 aliphatic rings. The van der Waals surface area contributed by atoms with Crippen LogP contribution in [0, 0.1) is 0 Å². The first-order valence-electron chi connectivity index (χ1n) is 11.9. The number of fused-ring (bicyclic) bond motifs is 2. The molecule has 0 saturated heterocycles. The SMILES string of the molecule is CC(C)(c1ccc(C(C)(C)c2ccc3ccccc3c2N)cc1)c1ccc2ccccc2c1N. The molecule has 0 spiro atoms. The fourth-order valence-corrected chi connectivity index (χ4v) is 5.30. The van der Waals surface area contributed by atoms with E-state index in [1.54, 1.807) is 0 Å². The molecular formula is C32H32N2. The first-order valence-corrected chi connectivity index (χ1v) is 11.9. The smallest absolute Gasteiger partial charge is 0.0435 e. The molecule has 170 valence electrons. The Bertz CT molecular complexity index is 1390. The van der Waals surface area contributed by atoms with Gasteiger partial charge in [-0.2, -0.15) is 0 Å². The van der Waals surface area contributed by atoms with E-state index in [0.29, 0.717) is 0 Å². The zero-order chi connectivity index (χ0) is 24.1. The van der Waals surface area contributed by atoms with E-state index >= 15 is 0 Å². The predicted octanol–water partition coefficient (Wildman–Crippen LogP) is 7.81. The molecule has 0 heterocycles. The highest BCUT2D eigenvalue weighted by Crippen LogP contribution is 2.41. The average Bonchev–Trinajstić information content (AvgIpc) is 2.84. The molecule has 0 bridgehead atoms. The molecule has 5 rings (SSSR count). The molecule has 2 nitrogen and oxygen atoms in total. The summed E-state index contributed by atoms with van der Waals surface area (Å²) in [7, 11) is 0. The van der Waals surface area contributed by atoms with Crippen LogP contribution in [0.2, 0.25) is 0 Å². The molecule has 0 aliphatic heterocycles. The summed E-state index contributed by atoms with van der Waals surface area (Å²) in [4.78, 5) is 0. The second kappa shape index (κ2) is 7.92. The summed E-state index contributed by atoms with van der Waals surface area (Å²) in [5, 5.41) is 4.56. The molecule has 4 N–H and O–H groups in total. The highest BCUT2D eigenvalue weighted by Gasteiger charge is 2.29. The second-order valence-electron chi connectivity index (χ2n) is 10.3. The van der Waals surface area contributed by atoms with Gasteiger partial charge >= 0.3 is 0 Å². The van der Waals surface area contributed by atoms with Gasteiger partial charge in [-0.05, 0) is 33.0 Å². The number of hydrogen-bond acceptors (Lipinski definition) is 2. The topological polar surface area (TPSA) is 52.0 Å². The summed E-state index contributed by atoms with van der Waals surface area (Å²) >= 11 is 0. The Labute approximate surface area is 202 Å².